The Bertz CT molecular complexity index is 1480. The van der Waals surface area contributed by atoms with Crippen molar-refractivity contribution in [3.8, 4) is 11.1 Å². The van der Waals surface area contributed by atoms with E-state index in [1.54, 1.807) is 27.4 Å². The summed E-state index contributed by atoms with van der Waals surface area (Å²) in [5.74, 6) is 0. The first-order valence-corrected chi connectivity index (χ1v) is 16.5. The van der Waals surface area contributed by atoms with Crippen molar-refractivity contribution in [1.82, 2.24) is 0 Å². The molecule has 2 aliphatic carbocycles. The van der Waals surface area contributed by atoms with E-state index >= 15 is 0 Å². The van der Waals surface area contributed by atoms with Crippen LogP contribution in [0, 0.1) is 6.07 Å². The summed E-state index contributed by atoms with van der Waals surface area (Å²) in [4.78, 5) is 0. The Morgan fingerprint density at radius 1 is 0.614 bits per heavy atom. The van der Waals surface area contributed by atoms with Gasteiger partial charge in [0.25, 0.3) is 0 Å². The van der Waals surface area contributed by atoms with Crippen LogP contribution in [0.25, 0.3) is 11.1 Å². The van der Waals surface area contributed by atoms with Gasteiger partial charge in [-0.05, 0) is 34.1 Å². The first-order valence-electron chi connectivity index (χ1n) is 15.3. The summed E-state index contributed by atoms with van der Waals surface area (Å²) in [5, 5.41) is 0. The normalized spacial score (nSPS) is 13.2. The van der Waals surface area contributed by atoms with Crippen molar-refractivity contribution in [3.63, 3.8) is 0 Å². The van der Waals surface area contributed by atoms with Gasteiger partial charge >= 0.3 is 53.1 Å². The van der Waals surface area contributed by atoms with E-state index in [1.165, 1.54) is 70.2 Å². The molecule has 226 valence electrons. The number of halogens is 2. The monoisotopic (exact) mass is 694 g/mol. The molecule has 0 aliphatic heterocycles. The van der Waals surface area contributed by atoms with Crippen LogP contribution in [-0.2, 0) is 41.5 Å². The number of hydrogen-bond acceptors (Lipinski definition) is 0. The third kappa shape index (κ3) is 8.43. The first kappa shape index (κ1) is 36.0. The molecule has 44 heavy (non-hydrogen) atoms. The smallest absolute Gasteiger partial charge is 0.172 e. The summed E-state index contributed by atoms with van der Waals surface area (Å²) in [6.07, 6.45) is 6.79. The van der Waals surface area contributed by atoms with E-state index < -0.39 is 0 Å². The Labute approximate surface area is 292 Å². The van der Waals surface area contributed by atoms with Gasteiger partial charge in [0.05, 0.1) is 0 Å². The SMILES string of the molecule is CC(C)(c1[c-]c2c(cc1)-c1ccc(C(C)(C)c3ccccc3)cc1C2)c1ccccc1.[Cl-].[Cl-].[Zr+2]=[C]1CCCC1.c1cc[cH-]c1. The maximum atomic E-state index is 3.80. The van der Waals surface area contributed by atoms with Gasteiger partial charge in [-0.2, -0.15) is 42.0 Å². The molecule has 0 aromatic heterocycles. The molecule has 5 aromatic carbocycles. The third-order valence-electron chi connectivity index (χ3n) is 8.94. The average molecular weight is 697 g/mol. The van der Waals surface area contributed by atoms with Gasteiger partial charge in [-0.1, -0.05) is 112 Å². The Kier molecular flexibility index (Phi) is 13.3. The van der Waals surface area contributed by atoms with Crippen LogP contribution in [0.3, 0.4) is 0 Å². The maximum Gasteiger partial charge on any atom is -0.172 e. The summed E-state index contributed by atoms with van der Waals surface area (Å²) in [7, 11) is 0. The van der Waals surface area contributed by atoms with Crippen LogP contribution in [0.2, 0.25) is 0 Å². The molecule has 0 N–H and O–H groups in total. The largest absolute Gasteiger partial charge is 0.214 e. The summed E-state index contributed by atoms with van der Waals surface area (Å²) in [5.41, 5.74) is 10.7. The minimum absolute atomic E-state index is 0. The molecule has 7 rings (SSSR count). The molecular formula is C41H42Cl2Zr-2. The maximum absolute atomic E-state index is 3.80. The van der Waals surface area contributed by atoms with Crippen LogP contribution in [0.1, 0.15) is 86.8 Å². The van der Waals surface area contributed by atoms with E-state index in [-0.39, 0.29) is 35.6 Å². The van der Waals surface area contributed by atoms with Crippen LogP contribution in [0.15, 0.2) is 121 Å². The van der Waals surface area contributed by atoms with Crippen LogP contribution in [0.4, 0.5) is 0 Å². The molecule has 0 atom stereocenters. The van der Waals surface area contributed by atoms with Gasteiger partial charge in [0.2, 0.25) is 0 Å². The number of benzene rings is 4. The van der Waals surface area contributed by atoms with Gasteiger partial charge in [-0.3, -0.25) is 0 Å². The fourth-order valence-corrected chi connectivity index (χ4v) is 6.90. The van der Waals surface area contributed by atoms with E-state index in [2.05, 4.69) is 125 Å². The quantitative estimate of drug-likeness (QED) is 0.240. The van der Waals surface area contributed by atoms with Gasteiger partial charge in [0, 0.05) is 5.41 Å². The molecule has 0 unspecified atom stereocenters. The third-order valence-corrected chi connectivity index (χ3v) is 10.2. The molecule has 0 radical (unpaired) electrons. The topological polar surface area (TPSA) is 0 Å². The Morgan fingerprint density at radius 2 is 1.16 bits per heavy atom. The van der Waals surface area contributed by atoms with Crippen molar-refractivity contribution in [2.24, 2.45) is 0 Å². The molecule has 2 aliphatic rings. The van der Waals surface area contributed by atoms with Gasteiger partial charge in [0.1, 0.15) is 0 Å². The molecule has 0 nitrogen and oxygen atoms in total. The van der Waals surface area contributed by atoms with Gasteiger partial charge in [-0.25, -0.2) is 12.1 Å². The molecule has 3 heteroatoms. The predicted molar refractivity (Wildman–Crippen MR) is 176 cm³/mol. The van der Waals surface area contributed by atoms with Crippen molar-refractivity contribution in [3.05, 3.63) is 161 Å². The number of rotatable bonds is 4. The molecule has 1 saturated carbocycles. The summed E-state index contributed by atoms with van der Waals surface area (Å²) in [6.45, 7) is 9.23. The molecule has 0 amide bonds. The molecule has 5 aromatic rings. The molecule has 1 fully saturated rings. The van der Waals surface area contributed by atoms with Crippen molar-refractivity contribution in [2.45, 2.75) is 70.6 Å². The van der Waals surface area contributed by atoms with Gasteiger partial charge in [-0.15, -0.1) is 11.1 Å². The minimum Gasteiger partial charge on any atom is -0.214 e. The van der Waals surface area contributed by atoms with Gasteiger partial charge < -0.3 is 24.8 Å². The van der Waals surface area contributed by atoms with Crippen molar-refractivity contribution >= 4 is 3.21 Å². The zero-order chi connectivity index (χ0) is 29.6. The van der Waals surface area contributed by atoms with E-state index in [0.717, 1.165) is 6.42 Å². The Balaban J connectivity index is 0.000000343. The van der Waals surface area contributed by atoms with Crippen LogP contribution in [0.5, 0.6) is 0 Å². The summed E-state index contributed by atoms with van der Waals surface area (Å²) >= 11 is 1.68. The molecule has 0 heterocycles. The predicted octanol–water partition coefficient (Wildman–Crippen LogP) is 4.40. The van der Waals surface area contributed by atoms with Crippen LogP contribution >= 0.6 is 0 Å². The Morgan fingerprint density at radius 3 is 1.66 bits per heavy atom. The average Bonchev–Trinajstić information content (AvgIpc) is 3.81. The van der Waals surface area contributed by atoms with Crippen LogP contribution in [-0.4, -0.2) is 3.21 Å². The van der Waals surface area contributed by atoms with E-state index in [9.17, 15) is 0 Å². The van der Waals surface area contributed by atoms with Gasteiger partial charge in [0.15, 0.2) is 0 Å². The second-order valence-corrected chi connectivity index (χ2v) is 14.3. The number of fused-ring (bicyclic) bond motifs is 3. The fraction of sp³-hybridized carbons (Fsp3) is 0.268. The second-order valence-electron chi connectivity index (χ2n) is 12.6. The summed E-state index contributed by atoms with van der Waals surface area (Å²) < 4.78 is 1.79. The van der Waals surface area contributed by atoms with Crippen molar-refractivity contribution in [1.29, 1.82) is 0 Å². The minimum atomic E-state index is -0.0640. The zero-order valence-electron chi connectivity index (χ0n) is 26.3. The summed E-state index contributed by atoms with van der Waals surface area (Å²) in [6, 6.07) is 47.0. The number of hydrogen-bond donors (Lipinski definition) is 0. The second kappa shape index (κ2) is 16.2. The molecule has 0 saturated heterocycles. The van der Waals surface area contributed by atoms with E-state index in [1.807, 2.05) is 30.3 Å². The van der Waals surface area contributed by atoms with Crippen molar-refractivity contribution < 1.29 is 49.0 Å². The first-order chi connectivity index (χ1) is 20.3. The van der Waals surface area contributed by atoms with E-state index in [0.29, 0.717) is 0 Å². The van der Waals surface area contributed by atoms with Crippen LogP contribution < -0.4 is 24.8 Å². The standard InChI is InChI=1S/C31H29.C5H8.C5H5.2ClH.Zr/c1-30(2,24-11-7-5-8-12-24)26-15-17-28-22(20-26)19-23-21-27(16-18-29(23)28)31(3,4)25-13-9-6-10-14-25;2*1-2-4-5-3-1;;;/h5-18,20H,19H2,1-4H3;1-4H2;1-5H;2*1H;/q-1;;-1;;;+2/p-2. The molecular weight excluding hydrogens is 655 g/mol. The van der Waals surface area contributed by atoms with Crippen molar-refractivity contribution in [2.75, 3.05) is 0 Å². The fourth-order valence-electron chi connectivity index (χ4n) is 6.03. The van der Waals surface area contributed by atoms with E-state index in [4.69, 9.17) is 0 Å². The zero-order valence-corrected chi connectivity index (χ0v) is 30.3. The molecule has 0 bridgehead atoms. The molecule has 0 spiro atoms. The Hall–Kier alpha value is -2.44.